The molecule has 2 aromatic rings. The van der Waals surface area contributed by atoms with E-state index in [0.717, 1.165) is 48.7 Å². The Hall–Kier alpha value is -1.93. The third-order valence-corrected chi connectivity index (χ3v) is 4.42. The van der Waals surface area contributed by atoms with Crippen LogP contribution in [0.2, 0.25) is 0 Å². The minimum atomic E-state index is -3.59. The Balaban J connectivity index is 1.98. The van der Waals surface area contributed by atoms with Crippen LogP contribution in [0.15, 0.2) is 18.2 Å². The third-order valence-electron chi connectivity index (χ3n) is 3.86. The van der Waals surface area contributed by atoms with Crippen molar-refractivity contribution < 1.29 is 17.9 Å². The van der Waals surface area contributed by atoms with E-state index < -0.39 is 15.9 Å². The van der Waals surface area contributed by atoms with Crippen LogP contribution >= 0.6 is 0 Å². The number of hydrogen-bond donors (Lipinski definition) is 1. The number of hydrogen-bond acceptors (Lipinski definition) is 5. The van der Waals surface area contributed by atoms with Crippen molar-refractivity contribution >= 4 is 26.8 Å². The molecule has 1 aliphatic heterocycles. The van der Waals surface area contributed by atoms with Crippen LogP contribution in [0.1, 0.15) is 41.5 Å². The number of rotatable bonds is 3. The second kappa shape index (κ2) is 5.93. The predicted octanol–water partition coefficient (Wildman–Crippen LogP) is 1.73. The maximum Gasteiger partial charge on any atom is 0.264 e. The Morgan fingerprint density at radius 3 is 2.83 bits per heavy atom. The molecule has 1 aromatic carbocycles. The highest BCUT2D eigenvalue weighted by Gasteiger charge is 2.21. The zero-order valence-corrected chi connectivity index (χ0v) is 13.9. The molecular weight excluding hydrogens is 318 g/mol. The van der Waals surface area contributed by atoms with Crippen molar-refractivity contribution in [3.05, 3.63) is 29.5 Å². The van der Waals surface area contributed by atoms with Crippen molar-refractivity contribution in [2.24, 2.45) is 0 Å². The Kier molecular flexibility index (Phi) is 4.11. The highest BCUT2D eigenvalue weighted by Crippen LogP contribution is 2.28. The van der Waals surface area contributed by atoms with Gasteiger partial charge in [-0.05, 0) is 44.4 Å². The van der Waals surface area contributed by atoms with Crippen LogP contribution in [0, 0.1) is 6.92 Å². The molecule has 1 fully saturated rings. The molecule has 1 amide bonds. The molecule has 1 aliphatic rings. The second-order valence-electron chi connectivity index (χ2n) is 5.79. The molecular formula is C15H19N3O4S. The van der Waals surface area contributed by atoms with Gasteiger partial charge in [0.15, 0.2) is 6.23 Å². The molecule has 124 valence electrons. The van der Waals surface area contributed by atoms with Crippen molar-refractivity contribution in [1.29, 1.82) is 0 Å². The number of nitrogens with one attached hydrogen (secondary N) is 1. The van der Waals surface area contributed by atoms with E-state index in [1.807, 2.05) is 16.3 Å². The van der Waals surface area contributed by atoms with E-state index in [2.05, 4.69) is 5.10 Å². The molecule has 0 aliphatic carbocycles. The lowest BCUT2D eigenvalue weighted by Gasteiger charge is -2.23. The monoisotopic (exact) mass is 337 g/mol. The first-order valence-electron chi connectivity index (χ1n) is 7.48. The molecule has 0 bridgehead atoms. The van der Waals surface area contributed by atoms with Crippen LogP contribution in [-0.2, 0) is 14.8 Å². The summed E-state index contributed by atoms with van der Waals surface area (Å²) in [6, 6.07) is 5.05. The molecule has 0 radical (unpaired) electrons. The van der Waals surface area contributed by atoms with Crippen LogP contribution < -0.4 is 4.72 Å². The SMILES string of the molecule is Cc1nn(C2CCCCO2)c2ccc(C(=O)NS(C)(=O)=O)cc12. The zero-order valence-electron chi connectivity index (χ0n) is 13.1. The van der Waals surface area contributed by atoms with Gasteiger partial charge in [-0.25, -0.2) is 17.8 Å². The third kappa shape index (κ3) is 3.37. The first kappa shape index (κ1) is 15.9. The molecule has 3 rings (SSSR count). The minimum Gasteiger partial charge on any atom is -0.356 e. The number of amides is 1. The van der Waals surface area contributed by atoms with Crippen LogP contribution in [0.5, 0.6) is 0 Å². The van der Waals surface area contributed by atoms with E-state index in [-0.39, 0.29) is 11.8 Å². The first-order chi connectivity index (χ1) is 10.8. The maximum atomic E-state index is 12.0. The number of carbonyl (C=O) groups is 1. The second-order valence-corrected chi connectivity index (χ2v) is 7.53. The predicted molar refractivity (Wildman–Crippen MR) is 85.6 cm³/mol. The number of carbonyl (C=O) groups excluding carboxylic acids is 1. The van der Waals surface area contributed by atoms with Gasteiger partial charge in [0, 0.05) is 17.6 Å². The van der Waals surface area contributed by atoms with Crippen molar-refractivity contribution in [3.8, 4) is 0 Å². The van der Waals surface area contributed by atoms with E-state index in [1.54, 1.807) is 18.2 Å². The summed E-state index contributed by atoms with van der Waals surface area (Å²) >= 11 is 0. The Morgan fingerprint density at radius 2 is 2.17 bits per heavy atom. The standard InChI is InChI=1S/C15H19N3O4S/c1-10-12-9-11(15(19)17-23(2,20)21)6-7-13(12)18(16-10)14-5-3-4-8-22-14/h6-7,9,14H,3-5,8H2,1-2H3,(H,17,19). The highest BCUT2D eigenvalue weighted by atomic mass is 32.2. The van der Waals surface area contributed by atoms with Crippen LogP contribution in [-0.4, -0.2) is 37.0 Å². The Bertz CT molecular complexity index is 851. The first-order valence-corrected chi connectivity index (χ1v) is 9.37. The maximum absolute atomic E-state index is 12.0. The number of benzene rings is 1. The summed E-state index contributed by atoms with van der Waals surface area (Å²) in [5.41, 5.74) is 1.95. The van der Waals surface area contributed by atoms with Crippen molar-refractivity contribution in [1.82, 2.24) is 14.5 Å². The van der Waals surface area contributed by atoms with Crippen molar-refractivity contribution in [2.45, 2.75) is 32.4 Å². The fraction of sp³-hybridized carbons (Fsp3) is 0.467. The number of nitrogens with zero attached hydrogens (tertiary/aromatic N) is 2. The Morgan fingerprint density at radius 1 is 1.39 bits per heavy atom. The quantitative estimate of drug-likeness (QED) is 0.921. The zero-order chi connectivity index (χ0) is 16.6. The fourth-order valence-corrected chi connectivity index (χ4v) is 3.25. The van der Waals surface area contributed by atoms with Crippen LogP contribution in [0.3, 0.4) is 0 Å². The lowest BCUT2D eigenvalue weighted by molar-refractivity contribution is -0.0368. The van der Waals surface area contributed by atoms with Gasteiger partial charge in [0.05, 0.1) is 17.5 Å². The van der Waals surface area contributed by atoms with Gasteiger partial charge in [0.1, 0.15) is 0 Å². The van der Waals surface area contributed by atoms with Crippen molar-refractivity contribution in [2.75, 3.05) is 12.9 Å². The molecule has 0 spiro atoms. The Labute approximate surface area is 134 Å². The molecule has 8 heteroatoms. The van der Waals surface area contributed by atoms with E-state index in [1.165, 1.54) is 0 Å². The van der Waals surface area contributed by atoms with Crippen LogP contribution in [0.25, 0.3) is 10.9 Å². The number of ether oxygens (including phenoxy) is 1. The van der Waals surface area contributed by atoms with E-state index >= 15 is 0 Å². The van der Waals surface area contributed by atoms with Gasteiger partial charge in [0.25, 0.3) is 5.91 Å². The average Bonchev–Trinajstić information content (AvgIpc) is 2.83. The van der Waals surface area contributed by atoms with Gasteiger partial charge >= 0.3 is 0 Å². The summed E-state index contributed by atoms with van der Waals surface area (Å²) in [7, 11) is -3.59. The average molecular weight is 337 g/mol. The molecule has 7 nitrogen and oxygen atoms in total. The van der Waals surface area contributed by atoms with Gasteiger partial charge in [-0.3, -0.25) is 4.79 Å². The van der Waals surface area contributed by atoms with Crippen LogP contribution in [0.4, 0.5) is 0 Å². The van der Waals surface area contributed by atoms with Gasteiger partial charge in [-0.15, -0.1) is 0 Å². The van der Waals surface area contributed by atoms with Gasteiger partial charge in [0.2, 0.25) is 10.0 Å². The normalized spacial score (nSPS) is 19.0. The topological polar surface area (TPSA) is 90.3 Å². The largest absolute Gasteiger partial charge is 0.356 e. The fourth-order valence-electron chi connectivity index (χ4n) is 2.80. The van der Waals surface area contributed by atoms with Crippen molar-refractivity contribution in [3.63, 3.8) is 0 Å². The van der Waals surface area contributed by atoms with E-state index in [4.69, 9.17) is 4.74 Å². The highest BCUT2D eigenvalue weighted by molar-refractivity contribution is 7.89. The summed E-state index contributed by atoms with van der Waals surface area (Å²) in [6.45, 7) is 2.58. The van der Waals surface area contributed by atoms with E-state index in [0.29, 0.717) is 0 Å². The molecule has 1 aromatic heterocycles. The summed E-state index contributed by atoms with van der Waals surface area (Å²) in [6.07, 6.45) is 3.93. The molecule has 0 saturated carbocycles. The molecule has 1 unspecified atom stereocenters. The summed E-state index contributed by atoms with van der Waals surface area (Å²) in [5, 5.41) is 5.35. The molecule has 1 atom stereocenters. The summed E-state index contributed by atoms with van der Waals surface area (Å²) in [4.78, 5) is 12.0. The number of fused-ring (bicyclic) bond motifs is 1. The van der Waals surface area contributed by atoms with Gasteiger partial charge < -0.3 is 4.74 Å². The van der Waals surface area contributed by atoms with Gasteiger partial charge in [-0.2, -0.15) is 5.10 Å². The molecule has 23 heavy (non-hydrogen) atoms. The lowest BCUT2D eigenvalue weighted by atomic mass is 10.1. The number of aryl methyl sites for hydroxylation is 1. The summed E-state index contributed by atoms with van der Waals surface area (Å²) < 4.78 is 32.0. The smallest absolute Gasteiger partial charge is 0.264 e. The molecule has 1 N–H and O–H groups in total. The van der Waals surface area contributed by atoms with E-state index in [9.17, 15) is 13.2 Å². The number of sulfonamides is 1. The minimum absolute atomic E-state index is 0.0874. The lowest BCUT2D eigenvalue weighted by Crippen LogP contribution is -2.29. The number of aromatic nitrogens is 2. The summed E-state index contributed by atoms with van der Waals surface area (Å²) in [5.74, 6) is -0.643. The molecule has 2 heterocycles. The molecule has 1 saturated heterocycles. The van der Waals surface area contributed by atoms with Gasteiger partial charge in [-0.1, -0.05) is 0 Å².